The average Bonchev–Trinajstić information content (AvgIpc) is 2.38. The molecule has 1 saturated carbocycles. The molecule has 100 valence electrons. The van der Waals surface area contributed by atoms with Gasteiger partial charge in [-0.05, 0) is 40.5 Å². The molecule has 3 nitrogen and oxygen atoms in total. The quantitative estimate of drug-likeness (QED) is 0.738. The highest BCUT2D eigenvalue weighted by molar-refractivity contribution is 6.49. The van der Waals surface area contributed by atoms with Crippen molar-refractivity contribution in [3.05, 3.63) is 0 Å². The molecule has 0 unspecified atom stereocenters. The first-order valence-electron chi connectivity index (χ1n) is 6.41. The normalized spacial score (nSPS) is 29.8. The topological polar surface area (TPSA) is 44.5 Å². The van der Waals surface area contributed by atoms with E-state index in [1.54, 1.807) is 0 Å². The fourth-order valence-corrected chi connectivity index (χ4v) is 2.52. The molecule has 1 aliphatic carbocycles. The van der Waals surface area contributed by atoms with Crippen LogP contribution in [0.5, 0.6) is 0 Å². The standard InChI is InChI=1S/C12H24BNO2.ClH/c1-10(2)11(3,4)16-13(15-10)12(14)8-6-5-7-9-12;/h5-9,14H2,1-4H3;1H. The maximum absolute atomic E-state index is 6.46. The average molecular weight is 262 g/mol. The number of halogens is 1. The molecular weight excluding hydrogens is 236 g/mol. The summed E-state index contributed by atoms with van der Waals surface area (Å²) >= 11 is 0. The zero-order chi connectivity index (χ0) is 12.0. The van der Waals surface area contributed by atoms with E-state index in [0.29, 0.717) is 0 Å². The van der Waals surface area contributed by atoms with Crippen molar-refractivity contribution in [2.24, 2.45) is 5.73 Å². The Kier molecular flexibility index (Phi) is 4.25. The molecule has 2 aliphatic rings. The van der Waals surface area contributed by atoms with Crippen LogP contribution in [0.4, 0.5) is 0 Å². The van der Waals surface area contributed by atoms with Crippen LogP contribution in [-0.2, 0) is 9.31 Å². The Morgan fingerprint density at radius 1 is 0.882 bits per heavy atom. The minimum Gasteiger partial charge on any atom is -0.402 e. The molecule has 0 aromatic carbocycles. The van der Waals surface area contributed by atoms with Crippen LogP contribution in [0.3, 0.4) is 0 Å². The van der Waals surface area contributed by atoms with Crippen molar-refractivity contribution in [2.75, 3.05) is 0 Å². The largest absolute Gasteiger partial charge is 0.479 e. The SMILES string of the molecule is CC1(C)OB(C2(N)CCCCC2)OC1(C)C.Cl. The van der Waals surface area contributed by atoms with E-state index >= 15 is 0 Å². The van der Waals surface area contributed by atoms with Crippen LogP contribution in [-0.4, -0.2) is 23.8 Å². The maximum Gasteiger partial charge on any atom is 0.479 e. The van der Waals surface area contributed by atoms with Crippen molar-refractivity contribution < 1.29 is 9.31 Å². The van der Waals surface area contributed by atoms with Gasteiger partial charge in [-0.2, -0.15) is 0 Å². The van der Waals surface area contributed by atoms with Gasteiger partial charge in [0.25, 0.3) is 0 Å². The highest BCUT2D eigenvalue weighted by Crippen LogP contribution is 2.42. The van der Waals surface area contributed by atoms with E-state index < -0.39 is 0 Å². The number of hydrogen-bond donors (Lipinski definition) is 1. The zero-order valence-corrected chi connectivity index (χ0v) is 12.2. The van der Waals surface area contributed by atoms with Gasteiger partial charge in [0.05, 0.1) is 16.6 Å². The van der Waals surface area contributed by atoms with E-state index in [9.17, 15) is 0 Å². The van der Waals surface area contributed by atoms with Gasteiger partial charge in [-0.25, -0.2) is 0 Å². The van der Waals surface area contributed by atoms with Gasteiger partial charge in [-0.3, -0.25) is 0 Å². The Hall–Kier alpha value is 0.235. The molecule has 0 amide bonds. The Bertz CT molecular complexity index is 262. The summed E-state index contributed by atoms with van der Waals surface area (Å²) in [7, 11) is -0.238. The summed E-state index contributed by atoms with van der Waals surface area (Å²) in [4.78, 5) is 0. The first-order chi connectivity index (χ1) is 7.27. The van der Waals surface area contributed by atoms with Crippen LogP contribution in [0.15, 0.2) is 0 Å². The molecular formula is C12H25BClNO2. The summed E-state index contributed by atoms with van der Waals surface area (Å²) in [6.45, 7) is 8.33. The maximum atomic E-state index is 6.46. The van der Waals surface area contributed by atoms with Gasteiger partial charge in [0.15, 0.2) is 0 Å². The molecule has 5 heteroatoms. The van der Waals surface area contributed by atoms with E-state index in [4.69, 9.17) is 15.0 Å². The van der Waals surface area contributed by atoms with Gasteiger partial charge in [-0.15, -0.1) is 12.4 Å². The molecule has 0 aromatic rings. The number of nitrogens with two attached hydrogens (primary N) is 1. The van der Waals surface area contributed by atoms with E-state index in [1.807, 2.05) is 0 Å². The summed E-state index contributed by atoms with van der Waals surface area (Å²) in [5.41, 5.74) is 5.66. The molecule has 0 bridgehead atoms. The second-order valence-corrected chi connectivity index (χ2v) is 6.38. The summed E-state index contributed by atoms with van der Waals surface area (Å²) in [5, 5.41) is 0. The summed E-state index contributed by atoms with van der Waals surface area (Å²) in [6, 6.07) is 0. The molecule has 0 radical (unpaired) electrons. The van der Waals surface area contributed by atoms with Crippen molar-refractivity contribution in [1.29, 1.82) is 0 Å². The van der Waals surface area contributed by atoms with Crippen molar-refractivity contribution in [3.63, 3.8) is 0 Å². The highest BCUT2D eigenvalue weighted by Gasteiger charge is 2.58. The first-order valence-corrected chi connectivity index (χ1v) is 6.41. The lowest BCUT2D eigenvalue weighted by atomic mass is 9.58. The van der Waals surface area contributed by atoms with Crippen LogP contribution in [0, 0.1) is 0 Å². The smallest absolute Gasteiger partial charge is 0.402 e. The lowest BCUT2D eigenvalue weighted by Gasteiger charge is -2.34. The zero-order valence-electron chi connectivity index (χ0n) is 11.4. The van der Waals surface area contributed by atoms with E-state index in [0.717, 1.165) is 12.8 Å². The van der Waals surface area contributed by atoms with Crippen molar-refractivity contribution in [2.45, 2.75) is 76.4 Å². The Morgan fingerprint density at radius 2 is 1.29 bits per heavy atom. The molecule has 2 fully saturated rings. The molecule has 1 heterocycles. The molecule has 0 spiro atoms. The third-order valence-electron chi connectivity index (χ3n) is 4.51. The summed E-state index contributed by atoms with van der Waals surface area (Å²) < 4.78 is 12.1. The molecule has 0 atom stereocenters. The van der Waals surface area contributed by atoms with Crippen LogP contribution in [0.2, 0.25) is 0 Å². The van der Waals surface area contributed by atoms with E-state index in [1.165, 1.54) is 19.3 Å². The molecule has 2 rings (SSSR count). The fraction of sp³-hybridized carbons (Fsp3) is 1.00. The summed E-state index contributed by atoms with van der Waals surface area (Å²) in [6.07, 6.45) is 5.72. The van der Waals surface area contributed by atoms with Crippen LogP contribution in [0.1, 0.15) is 59.8 Å². The molecule has 17 heavy (non-hydrogen) atoms. The van der Waals surface area contributed by atoms with Crippen molar-refractivity contribution in [3.8, 4) is 0 Å². The minimum absolute atomic E-state index is 0. The predicted molar refractivity (Wildman–Crippen MR) is 73.3 cm³/mol. The Labute approximate surface area is 111 Å². The van der Waals surface area contributed by atoms with Gasteiger partial charge in [0.1, 0.15) is 0 Å². The summed E-state index contributed by atoms with van der Waals surface area (Å²) in [5.74, 6) is 0. The first kappa shape index (κ1) is 15.3. The second-order valence-electron chi connectivity index (χ2n) is 6.38. The lowest BCUT2D eigenvalue weighted by molar-refractivity contribution is 0.00578. The van der Waals surface area contributed by atoms with Gasteiger partial charge >= 0.3 is 7.12 Å². The lowest BCUT2D eigenvalue weighted by Crippen LogP contribution is -2.56. The highest BCUT2D eigenvalue weighted by atomic mass is 35.5. The van der Waals surface area contributed by atoms with E-state index in [2.05, 4.69) is 27.7 Å². The molecule has 0 aromatic heterocycles. The third kappa shape index (κ3) is 2.65. The fourth-order valence-electron chi connectivity index (χ4n) is 2.52. The predicted octanol–water partition coefficient (Wildman–Crippen LogP) is 2.70. The van der Waals surface area contributed by atoms with E-state index in [-0.39, 0.29) is 36.2 Å². The van der Waals surface area contributed by atoms with Crippen LogP contribution < -0.4 is 5.73 Å². The molecule has 1 aliphatic heterocycles. The minimum atomic E-state index is -0.275. The van der Waals surface area contributed by atoms with Crippen LogP contribution in [0.25, 0.3) is 0 Å². The Balaban J connectivity index is 0.00000144. The van der Waals surface area contributed by atoms with Crippen molar-refractivity contribution >= 4 is 19.5 Å². The van der Waals surface area contributed by atoms with Gasteiger partial charge < -0.3 is 15.0 Å². The monoisotopic (exact) mass is 261 g/mol. The number of hydrogen-bond acceptors (Lipinski definition) is 3. The van der Waals surface area contributed by atoms with Crippen molar-refractivity contribution in [1.82, 2.24) is 0 Å². The molecule has 2 N–H and O–H groups in total. The second kappa shape index (κ2) is 4.73. The van der Waals surface area contributed by atoms with Gasteiger partial charge in [-0.1, -0.05) is 19.3 Å². The van der Waals surface area contributed by atoms with Gasteiger partial charge in [0, 0.05) is 0 Å². The Morgan fingerprint density at radius 3 is 1.71 bits per heavy atom. The van der Waals surface area contributed by atoms with Gasteiger partial charge in [0.2, 0.25) is 0 Å². The number of rotatable bonds is 1. The van der Waals surface area contributed by atoms with Crippen LogP contribution >= 0.6 is 12.4 Å². The third-order valence-corrected chi connectivity index (χ3v) is 4.51. The molecule has 1 saturated heterocycles.